The van der Waals surface area contributed by atoms with E-state index in [1.807, 2.05) is 6.92 Å². The molecule has 98 valence electrons. The van der Waals surface area contributed by atoms with Crippen molar-refractivity contribution in [3.63, 3.8) is 0 Å². The molecule has 1 aliphatic rings. The highest BCUT2D eigenvalue weighted by atomic mass is 16.5. The Morgan fingerprint density at radius 2 is 2.24 bits per heavy atom. The van der Waals surface area contributed by atoms with Crippen molar-refractivity contribution >= 4 is 12.0 Å². The number of aliphatic hydroxyl groups excluding tert-OH is 1. The summed E-state index contributed by atoms with van der Waals surface area (Å²) in [5.41, 5.74) is -0.380. The van der Waals surface area contributed by atoms with Gasteiger partial charge in [0.15, 0.2) is 6.04 Å². The maximum atomic E-state index is 11.4. The summed E-state index contributed by atoms with van der Waals surface area (Å²) in [6, 6.07) is -1.91. The van der Waals surface area contributed by atoms with Crippen molar-refractivity contribution in [1.29, 1.82) is 0 Å². The van der Waals surface area contributed by atoms with E-state index in [2.05, 4.69) is 10.6 Å². The lowest BCUT2D eigenvalue weighted by molar-refractivity contribution is -0.140. The van der Waals surface area contributed by atoms with Crippen LogP contribution in [0.4, 0.5) is 4.79 Å². The summed E-state index contributed by atoms with van der Waals surface area (Å²) in [6.07, 6.45) is 1.81. The van der Waals surface area contributed by atoms with Crippen molar-refractivity contribution in [3.05, 3.63) is 0 Å². The Labute approximate surface area is 99.1 Å². The van der Waals surface area contributed by atoms with Gasteiger partial charge in [0.25, 0.3) is 0 Å². The first-order valence-corrected chi connectivity index (χ1v) is 5.49. The molecule has 2 amide bonds. The number of urea groups is 1. The van der Waals surface area contributed by atoms with E-state index < -0.39 is 24.6 Å². The lowest BCUT2D eigenvalue weighted by atomic mass is 10.0. The average molecular weight is 246 g/mol. The van der Waals surface area contributed by atoms with Gasteiger partial charge < -0.3 is 25.6 Å². The third kappa shape index (κ3) is 4.20. The molecular formula is C10H18N2O5. The Kier molecular flexibility index (Phi) is 4.71. The van der Waals surface area contributed by atoms with Gasteiger partial charge in [-0.3, -0.25) is 0 Å². The average Bonchev–Trinajstić information content (AvgIpc) is 2.70. The molecule has 1 rings (SSSR count). The summed E-state index contributed by atoms with van der Waals surface area (Å²) in [4.78, 5) is 21.9. The molecule has 7 nitrogen and oxygen atoms in total. The fraction of sp³-hybridized carbons (Fsp3) is 0.800. The number of carboxylic acid groups (broad SMARTS) is 1. The Bertz CT molecular complexity index is 288. The normalized spacial score (nSPS) is 25.3. The second-order valence-electron chi connectivity index (χ2n) is 4.30. The minimum atomic E-state index is -1.28. The van der Waals surface area contributed by atoms with E-state index in [-0.39, 0.29) is 5.60 Å². The molecule has 1 saturated heterocycles. The molecule has 0 bridgehead atoms. The highest BCUT2D eigenvalue weighted by Crippen LogP contribution is 2.23. The number of carbonyl (C=O) groups excluding carboxylic acids is 1. The van der Waals surface area contributed by atoms with Crippen molar-refractivity contribution < 1.29 is 24.5 Å². The first kappa shape index (κ1) is 13.7. The molecule has 0 aromatic carbocycles. The third-order valence-electron chi connectivity index (χ3n) is 2.71. The van der Waals surface area contributed by atoms with E-state index >= 15 is 0 Å². The molecular weight excluding hydrogens is 228 g/mol. The predicted octanol–water partition coefficient (Wildman–Crippen LogP) is -0.700. The Morgan fingerprint density at radius 1 is 1.53 bits per heavy atom. The number of aliphatic hydroxyl groups is 1. The highest BCUT2D eigenvalue weighted by Gasteiger charge is 2.30. The molecule has 17 heavy (non-hydrogen) atoms. The number of amides is 2. The van der Waals surface area contributed by atoms with Gasteiger partial charge in [0.1, 0.15) is 0 Å². The first-order chi connectivity index (χ1) is 7.97. The van der Waals surface area contributed by atoms with Crippen molar-refractivity contribution in [3.8, 4) is 0 Å². The van der Waals surface area contributed by atoms with Gasteiger partial charge in [0, 0.05) is 13.2 Å². The van der Waals surface area contributed by atoms with Crippen LogP contribution in [-0.4, -0.2) is 53.6 Å². The van der Waals surface area contributed by atoms with Crippen LogP contribution in [0.2, 0.25) is 0 Å². The summed E-state index contributed by atoms with van der Waals surface area (Å²) in [5.74, 6) is -1.27. The standard InChI is InChI=1S/C10H18N2O5/c1-10(3-2-4-17-10)6-11-9(16)12-7(5-13)8(14)15/h7,13H,2-6H2,1H3,(H,14,15)(H2,11,12,16). The molecule has 7 heteroatoms. The lowest BCUT2D eigenvalue weighted by Gasteiger charge is -2.23. The molecule has 1 aliphatic heterocycles. The number of ether oxygens (including phenoxy) is 1. The van der Waals surface area contributed by atoms with Crippen molar-refractivity contribution in [2.24, 2.45) is 0 Å². The molecule has 0 aromatic heterocycles. The minimum Gasteiger partial charge on any atom is -0.480 e. The molecule has 0 saturated carbocycles. The number of aliphatic carboxylic acids is 1. The van der Waals surface area contributed by atoms with Crippen LogP contribution < -0.4 is 10.6 Å². The highest BCUT2D eigenvalue weighted by molar-refractivity contribution is 5.82. The fourth-order valence-corrected chi connectivity index (χ4v) is 1.64. The summed E-state index contributed by atoms with van der Waals surface area (Å²) >= 11 is 0. The molecule has 1 fully saturated rings. The van der Waals surface area contributed by atoms with Gasteiger partial charge in [-0.05, 0) is 19.8 Å². The van der Waals surface area contributed by atoms with Crippen molar-refractivity contribution in [2.75, 3.05) is 19.8 Å². The van der Waals surface area contributed by atoms with Crippen LogP contribution in [0.15, 0.2) is 0 Å². The van der Waals surface area contributed by atoms with Gasteiger partial charge in [0.05, 0.1) is 12.2 Å². The molecule has 0 aromatic rings. The number of hydrogen-bond acceptors (Lipinski definition) is 4. The van der Waals surface area contributed by atoms with Gasteiger partial charge >= 0.3 is 12.0 Å². The molecule has 2 atom stereocenters. The van der Waals surface area contributed by atoms with Crippen molar-refractivity contribution in [2.45, 2.75) is 31.4 Å². The number of rotatable bonds is 5. The zero-order valence-corrected chi connectivity index (χ0v) is 9.73. The molecule has 2 unspecified atom stereocenters. The Hall–Kier alpha value is -1.34. The Morgan fingerprint density at radius 3 is 2.71 bits per heavy atom. The summed E-state index contributed by atoms with van der Waals surface area (Å²) < 4.78 is 5.46. The Balaban J connectivity index is 2.31. The van der Waals surface area contributed by atoms with Crippen LogP contribution in [0, 0.1) is 0 Å². The van der Waals surface area contributed by atoms with E-state index in [4.69, 9.17) is 14.9 Å². The second-order valence-corrected chi connectivity index (χ2v) is 4.30. The molecule has 0 aliphatic carbocycles. The number of carbonyl (C=O) groups is 2. The van der Waals surface area contributed by atoms with Crippen LogP contribution in [-0.2, 0) is 9.53 Å². The lowest BCUT2D eigenvalue weighted by Crippen LogP contribution is -2.50. The predicted molar refractivity (Wildman–Crippen MR) is 58.6 cm³/mol. The van der Waals surface area contributed by atoms with E-state index in [0.29, 0.717) is 13.2 Å². The van der Waals surface area contributed by atoms with Crippen molar-refractivity contribution in [1.82, 2.24) is 10.6 Å². The minimum absolute atomic E-state index is 0.316. The maximum absolute atomic E-state index is 11.4. The van der Waals surface area contributed by atoms with Crippen LogP contribution in [0.5, 0.6) is 0 Å². The quantitative estimate of drug-likeness (QED) is 0.513. The monoisotopic (exact) mass is 246 g/mol. The maximum Gasteiger partial charge on any atom is 0.328 e. The van der Waals surface area contributed by atoms with Crippen LogP contribution in [0.1, 0.15) is 19.8 Å². The molecule has 1 heterocycles. The molecule has 4 N–H and O–H groups in total. The van der Waals surface area contributed by atoms with Crippen LogP contribution in [0.3, 0.4) is 0 Å². The topological polar surface area (TPSA) is 108 Å². The zero-order valence-electron chi connectivity index (χ0n) is 9.73. The second kappa shape index (κ2) is 5.83. The zero-order chi connectivity index (χ0) is 12.9. The van der Waals surface area contributed by atoms with Crippen LogP contribution >= 0.6 is 0 Å². The van der Waals surface area contributed by atoms with Gasteiger partial charge in [-0.2, -0.15) is 0 Å². The molecule has 0 spiro atoms. The van der Waals surface area contributed by atoms with Gasteiger partial charge in [0.2, 0.25) is 0 Å². The SMILES string of the molecule is CC1(CNC(=O)NC(CO)C(=O)O)CCCO1. The summed E-state index contributed by atoms with van der Waals surface area (Å²) in [5, 5.41) is 22.0. The number of hydrogen-bond donors (Lipinski definition) is 4. The number of carboxylic acids is 1. The smallest absolute Gasteiger partial charge is 0.328 e. The summed E-state index contributed by atoms with van der Waals surface area (Å²) in [6.45, 7) is 2.24. The number of nitrogens with one attached hydrogen (secondary N) is 2. The van der Waals surface area contributed by atoms with E-state index in [1.165, 1.54) is 0 Å². The van der Waals surface area contributed by atoms with Crippen LogP contribution in [0.25, 0.3) is 0 Å². The third-order valence-corrected chi connectivity index (χ3v) is 2.71. The molecule has 0 radical (unpaired) electrons. The van der Waals surface area contributed by atoms with E-state index in [9.17, 15) is 9.59 Å². The van der Waals surface area contributed by atoms with E-state index in [0.717, 1.165) is 12.8 Å². The van der Waals surface area contributed by atoms with Gasteiger partial charge in [-0.1, -0.05) is 0 Å². The van der Waals surface area contributed by atoms with Gasteiger partial charge in [-0.25, -0.2) is 9.59 Å². The first-order valence-electron chi connectivity index (χ1n) is 5.49. The fourth-order valence-electron chi connectivity index (χ4n) is 1.64. The largest absolute Gasteiger partial charge is 0.480 e. The van der Waals surface area contributed by atoms with Gasteiger partial charge in [-0.15, -0.1) is 0 Å². The summed E-state index contributed by atoms with van der Waals surface area (Å²) in [7, 11) is 0. The van der Waals surface area contributed by atoms with E-state index in [1.54, 1.807) is 0 Å².